The van der Waals surface area contributed by atoms with Crippen LogP contribution in [0.3, 0.4) is 0 Å². The van der Waals surface area contributed by atoms with E-state index in [9.17, 15) is 4.79 Å². The highest BCUT2D eigenvalue weighted by molar-refractivity contribution is 5.77. The van der Waals surface area contributed by atoms with Gasteiger partial charge in [0.1, 0.15) is 5.75 Å². The number of carbonyl (C=O) groups is 1. The second kappa shape index (κ2) is 8.81. The van der Waals surface area contributed by atoms with E-state index in [1.807, 2.05) is 54.6 Å². The highest BCUT2D eigenvalue weighted by Gasteiger charge is 2.12. The minimum atomic E-state index is -0.0663. The van der Waals surface area contributed by atoms with E-state index in [2.05, 4.69) is 17.1 Å². The van der Waals surface area contributed by atoms with Crippen LogP contribution in [0.5, 0.6) is 5.75 Å². The highest BCUT2D eigenvalue weighted by Crippen LogP contribution is 2.21. The van der Waals surface area contributed by atoms with Gasteiger partial charge < -0.3 is 9.64 Å². The summed E-state index contributed by atoms with van der Waals surface area (Å²) in [4.78, 5) is 18.1. The lowest BCUT2D eigenvalue weighted by Crippen LogP contribution is -2.31. The smallest absolute Gasteiger partial charge is 0.260 e. The van der Waals surface area contributed by atoms with E-state index in [1.54, 1.807) is 24.3 Å². The van der Waals surface area contributed by atoms with Crippen molar-refractivity contribution in [1.82, 2.24) is 9.88 Å². The summed E-state index contributed by atoms with van der Waals surface area (Å²) in [6.07, 6.45) is 4.26. The van der Waals surface area contributed by atoms with Gasteiger partial charge in [-0.1, -0.05) is 54.6 Å². The minimum Gasteiger partial charge on any atom is -0.483 e. The molecule has 4 heteroatoms. The van der Waals surface area contributed by atoms with Gasteiger partial charge in [-0.2, -0.15) is 0 Å². The Morgan fingerprint density at radius 2 is 1.69 bits per heavy atom. The van der Waals surface area contributed by atoms with Crippen molar-refractivity contribution in [2.75, 3.05) is 13.7 Å². The fourth-order valence-corrected chi connectivity index (χ4v) is 2.71. The molecule has 1 aromatic heterocycles. The van der Waals surface area contributed by atoms with Crippen molar-refractivity contribution in [2.45, 2.75) is 13.0 Å². The summed E-state index contributed by atoms with van der Waals surface area (Å²) < 4.78 is 5.82. The summed E-state index contributed by atoms with van der Waals surface area (Å²) in [7, 11) is 1.77. The lowest BCUT2D eigenvalue weighted by atomic mass is 10.0. The number of ether oxygens (including phenoxy) is 1. The van der Waals surface area contributed by atoms with E-state index < -0.39 is 0 Å². The van der Waals surface area contributed by atoms with Gasteiger partial charge in [0.25, 0.3) is 5.91 Å². The first kappa shape index (κ1) is 17.7. The van der Waals surface area contributed by atoms with Crippen LogP contribution in [-0.4, -0.2) is 29.4 Å². The highest BCUT2D eigenvalue weighted by atomic mass is 16.5. The molecule has 2 aromatic carbocycles. The molecule has 132 valence electrons. The zero-order valence-corrected chi connectivity index (χ0v) is 14.8. The molecule has 0 saturated heterocycles. The Hall–Kier alpha value is -3.14. The van der Waals surface area contributed by atoms with Crippen LogP contribution in [0.4, 0.5) is 0 Å². The number of rotatable bonds is 7. The molecule has 0 fully saturated rings. The zero-order valence-electron chi connectivity index (χ0n) is 14.8. The van der Waals surface area contributed by atoms with Crippen molar-refractivity contribution in [2.24, 2.45) is 0 Å². The first-order valence-corrected chi connectivity index (χ1v) is 8.60. The summed E-state index contributed by atoms with van der Waals surface area (Å²) >= 11 is 0. The van der Waals surface area contributed by atoms with Crippen LogP contribution < -0.4 is 4.74 Å². The van der Waals surface area contributed by atoms with Gasteiger partial charge in [0.2, 0.25) is 0 Å². The van der Waals surface area contributed by atoms with Crippen LogP contribution in [-0.2, 0) is 17.8 Å². The second-order valence-electron chi connectivity index (χ2n) is 6.17. The Morgan fingerprint density at radius 3 is 2.46 bits per heavy atom. The maximum Gasteiger partial charge on any atom is 0.260 e. The molecule has 0 saturated carbocycles. The van der Waals surface area contributed by atoms with E-state index in [0.717, 1.165) is 23.3 Å². The molecule has 0 spiro atoms. The summed E-state index contributed by atoms with van der Waals surface area (Å²) in [5, 5.41) is 0. The molecule has 0 atom stereocenters. The lowest BCUT2D eigenvalue weighted by Gasteiger charge is -2.18. The van der Waals surface area contributed by atoms with Crippen molar-refractivity contribution in [3.63, 3.8) is 0 Å². The van der Waals surface area contributed by atoms with Crippen LogP contribution >= 0.6 is 0 Å². The van der Waals surface area contributed by atoms with Gasteiger partial charge >= 0.3 is 0 Å². The van der Waals surface area contributed by atoms with Crippen LogP contribution in [0.2, 0.25) is 0 Å². The van der Waals surface area contributed by atoms with Gasteiger partial charge in [-0.15, -0.1) is 0 Å². The number of carbonyl (C=O) groups excluding carboxylic acids is 1. The number of pyridine rings is 1. The number of likely N-dealkylation sites (N-methyl/N-ethyl adjacent to an activating group) is 1. The average Bonchev–Trinajstić information content (AvgIpc) is 2.68. The number of aromatic nitrogens is 1. The first-order chi connectivity index (χ1) is 12.7. The van der Waals surface area contributed by atoms with E-state index in [-0.39, 0.29) is 12.5 Å². The van der Waals surface area contributed by atoms with Crippen LogP contribution in [0, 0.1) is 0 Å². The third-order valence-electron chi connectivity index (χ3n) is 4.13. The van der Waals surface area contributed by atoms with Gasteiger partial charge in [-0.05, 0) is 28.8 Å². The minimum absolute atomic E-state index is 0.0164. The Kier molecular flexibility index (Phi) is 5.99. The molecule has 0 bridgehead atoms. The Labute approximate surface area is 154 Å². The molecule has 1 heterocycles. The van der Waals surface area contributed by atoms with Crippen molar-refractivity contribution in [1.29, 1.82) is 0 Å². The average molecular weight is 346 g/mol. The number of amides is 1. The number of para-hydroxylation sites is 1. The molecule has 26 heavy (non-hydrogen) atoms. The van der Waals surface area contributed by atoms with Crippen molar-refractivity contribution in [3.8, 4) is 5.75 Å². The van der Waals surface area contributed by atoms with Gasteiger partial charge in [-0.25, -0.2) is 0 Å². The Morgan fingerprint density at radius 1 is 0.962 bits per heavy atom. The van der Waals surface area contributed by atoms with Crippen LogP contribution in [0.15, 0.2) is 79.1 Å². The molecule has 0 radical (unpaired) electrons. The largest absolute Gasteiger partial charge is 0.483 e. The standard InChI is InChI=1S/C22H22N2O2/c1-24(16-19-10-7-13-23-15-19)22(25)17-26-21-12-6-5-11-20(21)14-18-8-3-2-4-9-18/h2-13,15H,14,16-17H2,1H3. The molecule has 3 rings (SSSR count). The number of hydrogen-bond acceptors (Lipinski definition) is 3. The molecule has 0 unspecified atom stereocenters. The van der Waals surface area contributed by atoms with Gasteiger partial charge in [0.05, 0.1) is 0 Å². The number of benzene rings is 2. The number of hydrogen-bond donors (Lipinski definition) is 0. The molecule has 4 nitrogen and oxygen atoms in total. The van der Waals surface area contributed by atoms with E-state index in [4.69, 9.17) is 4.74 Å². The predicted octanol–water partition coefficient (Wildman–Crippen LogP) is 3.71. The quantitative estimate of drug-likeness (QED) is 0.655. The SMILES string of the molecule is CN(Cc1cccnc1)C(=O)COc1ccccc1Cc1ccccc1. The maximum absolute atomic E-state index is 12.4. The van der Waals surface area contributed by atoms with E-state index in [1.165, 1.54) is 5.56 Å². The molecule has 3 aromatic rings. The molecule has 0 aliphatic carbocycles. The monoisotopic (exact) mass is 346 g/mol. The van der Waals surface area contributed by atoms with Gasteiger partial charge in [0, 0.05) is 32.4 Å². The van der Waals surface area contributed by atoms with Crippen LogP contribution in [0.1, 0.15) is 16.7 Å². The molecular formula is C22H22N2O2. The Bertz CT molecular complexity index is 835. The van der Waals surface area contributed by atoms with Crippen LogP contribution in [0.25, 0.3) is 0 Å². The fraction of sp³-hybridized carbons (Fsp3) is 0.182. The van der Waals surface area contributed by atoms with E-state index in [0.29, 0.717) is 6.54 Å². The maximum atomic E-state index is 12.4. The first-order valence-electron chi connectivity index (χ1n) is 8.60. The van der Waals surface area contributed by atoms with E-state index >= 15 is 0 Å². The van der Waals surface area contributed by atoms with Crippen molar-refractivity contribution < 1.29 is 9.53 Å². The van der Waals surface area contributed by atoms with Gasteiger partial charge in [0.15, 0.2) is 6.61 Å². The van der Waals surface area contributed by atoms with Crippen molar-refractivity contribution >= 4 is 5.91 Å². The Balaban J connectivity index is 1.60. The predicted molar refractivity (Wildman–Crippen MR) is 102 cm³/mol. The normalized spacial score (nSPS) is 10.3. The molecule has 0 aliphatic rings. The third kappa shape index (κ3) is 4.93. The third-order valence-corrected chi connectivity index (χ3v) is 4.13. The summed E-state index contributed by atoms with van der Waals surface area (Å²) in [6.45, 7) is 0.532. The summed E-state index contributed by atoms with van der Waals surface area (Å²) in [6, 6.07) is 21.9. The van der Waals surface area contributed by atoms with Crippen molar-refractivity contribution in [3.05, 3.63) is 95.8 Å². The molecular weight excluding hydrogens is 324 g/mol. The lowest BCUT2D eigenvalue weighted by molar-refractivity contribution is -0.132. The zero-order chi connectivity index (χ0) is 18.2. The molecule has 0 N–H and O–H groups in total. The molecule has 0 aliphatic heterocycles. The van der Waals surface area contributed by atoms with Gasteiger partial charge in [-0.3, -0.25) is 9.78 Å². The summed E-state index contributed by atoms with van der Waals surface area (Å²) in [5.74, 6) is 0.683. The second-order valence-corrected chi connectivity index (χ2v) is 6.17. The topological polar surface area (TPSA) is 42.4 Å². The number of nitrogens with zero attached hydrogens (tertiary/aromatic N) is 2. The molecule has 1 amide bonds. The fourth-order valence-electron chi connectivity index (χ4n) is 2.71. The summed E-state index contributed by atoms with van der Waals surface area (Å²) in [5.41, 5.74) is 3.28.